The maximum absolute atomic E-state index is 11.4. The summed E-state index contributed by atoms with van der Waals surface area (Å²) in [6.07, 6.45) is 1.05. The van der Waals surface area contributed by atoms with Crippen molar-refractivity contribution in [2.45, 2.75) is 71.9 Å². The number of benzene rings is 6. The number of phenolic OH excluding ortho intramolecular Hbond substituents is 1. The van der Waals surface area contributed by atoms with E-state index in [0.717, 1.165) is 28.5 Å². The molecule has 0 spiro atoms. The van der Waals surface area contributed by atoms with Gasteiger partial charge in [0.05, 0.1) is 24.8 Å². The van der Waals surface area contributed by atoms with Gasteiger partial charge in [-0.3, -0.25) is 9.55 Å². The molecule has 5 heteroatoms. The Morgan fingerprint density at radius 3 is 2.12 bits per heavy atom. The minimum Gasteiger partial charge on any atom is -0.507 e. The molecule has 0 aliphatic rings. The van der Waals surface area contributed by atoms with Gasteiger partial charge >= 0.3 is 0 Å². The van der Waals surface area contributed by atoms with Gasteiger partial charge in [0.15, 0.2) is 0 Å². The number of aromatic hydroxyl groups is 1. The molecule has 0 fully saturated rings. The number of nitrogens with zero attached hydrogens (tertiary/aromatic N) is 3. The average molecular weight is 956 g/mol. The third-order valence-corrected chi connectivity index (χ3v) is 9.87. The summed E-state index contributed by atoms with van der Waals surface area (Å²) in [7, 11) is 0. The molecule has 2 aromatic heterocycles. The van der Waals surface area contributed by atoms with Crippen molar-refractivity contribution in [3.63, 3.8) is 0 Å². The number of rotatable bonds is 7. The van der Waals surface area contributed by atoms with Crippen molar-refractivity contribution in [3.8, 4) is 67.5 Å². The largest absolute Gasteiger partial charge is 0.507 e. The second-order valence-electron chi connectivity index (χ2n) is 15.3. The van der Waals surface area contributed by atoms with Crippen molar-refractivity contribution in [1.29, 1.82) is 0 Å². The maximum Gasteiger partial charge on any atom is 0.148 e. The van der Waals surface area contributed by atoms with Gasteiger partial charge < -0.3 is 5.11 Å². The molecule has 0 aliphatic carbocycles. The van der Waals surface area contributed by atoms with Crippen molar-refractivity contribution in [2.24, 2.45) is 0 Å². The molecule has 0 radical (unpaired) electrons. The van der Waals surface area contributed by atoms with Crippen LogP contribution in [0.5, 0.6) is 5.75 Å². The molecule has 0 saturated heterocycles. The quantitative estimate of drug-likeness (QED) is 0.162. The van der Waals surface area contributed by atoms with Gasteiger partial charge in [-0.1, -0.05) is 157 Å². The minimum absolute atomic E-state index is 0. The molecule has 0 amide bonds. The Bertz CT molecular complexity index is 3410. The summed E-state index contributed by atoms with van der Waals surface area (Å²) in [6, 6.07) is 29.6. The third-order valence-electron chi connectivity index (χ3n) is 9.87. The number of phenols is 1. The van der Waals surface area contributed by atoms with Crippen LogP contribution in [0.2, 0.25) is 0 Å². The second-order valence-corrected chi connectivity index (χ2v) is 15.3. The number of fused-ring (bicyclic) bond motifs is 1. The Morgan fingerprint density at radius 1 is 0.707 bits per heavy atom. The van der Waals surface area contributed by atoms with Gasteiger partial charge in [-0.15, -0.1) is 29.3 Å². The smallest absolute Gasteiger partial charge is 0.148 e. The van der Waals surface area contributed by atoms with Crippen molar-refractivity contribution in [1.82, 2.24) is 14.5 Å². The Balaban J connectivity index is 0.00000800. The molecular formula is C53H50N3OPt-. The van der Waals surface area contributed by atoms with Crippen molar-refractivity contribution >= 4 is 11.0 Å². The van der Waals surface area contributed by atoms with Crippen LogP contribution >= 0.6 is 0 Å². The van der Waals surface area contributed by atoms with E-state index >= 15 is 0 Å². The van der Waals surface area contributed by atoms with E-state index in [0.29, 0.717) is 39.2 Å². The maximum atomic E-state index is 11.4. The van der Waals surface area contributed by atoms with E-state index < -0.39 is 90.2 Å². The number of imidazole rings is 1. The SMILES string of the molecule is [2H]c1cnc(-c2[c-]c(-c3cccc4c3nc(-c3ccccc3O)n4-c3cc(-c4ccccc4)cc(C([2H])(C)C)c3)cc(C(C)(C)C)c2)c([2H])c1-c1c([2H])c([2H])c(C(C([2H])([2H])[2H])(C([2H])([2H])[2H])C([2H])([2H])[2H])c([2H])c1[2H].[Pt]. The topological polar surface area (TPSA) is 50.9 Å². The van der Waals surface area contributed by atoms with Crippen LogP contribution in [0.1, 0.15) is 99.7 Å². The van der Waals surface area contributed by atoms with Crippen molar-refractivity contribution < 1.29 is 48.1 Å². The Morgan fingerprint density at radius 2 is 1.41 bits per heavy atom. The summed E-state index contributed by atoms with van der Waals surface area (Å²) in [5.41, 5.74) is -0.188. The summed E-state index contributed by atoms with van der Waals surface area (Å²) in [5.74, 6) is -0.629. The number of pyridine rings is 1. The Hall–Kier alpha value is -5.57. The third kappa shape index (κ3) is 8.09. The van der Waals surface area contributed by atoms with Crippen LogP contribution in [0.15, 0.2) is 146 Å². The van der Waals surface area contributed by atoms with Gasteiger partial charge in [-0.2, -0.15) is 0 Å². The standard InChI is InChI=1S/C53H50N3O.Pt/c1-34(2)38-27-39(35-15-10-9-11-16-35)32-44(31-38)56-48-19-14-18-45(50(48)55-51(56)46-17-12-13-20-49(46)57)40-28-41(30-43(29-40)53(6,7)8)47-33-37(25-26-54-47)36-21-23-42(24-22-36)52(3,4)5;/h9-27,29-34,57H,1-8H3;/q-1;/i3D3,4D3,5D3,21D,22D,23D,24D,25D,33D,34D;. The van der Waals surface area contributed by atoms with E-state index in [1.165, 1.54) is 0 Å². The zero-order chi connectivity index (χ0) is 53.7. The number of para-hydroxylation sites is 2. The van der Waals surface area contributed by atoms with Gasteiger partial charge in [-0.05, 0) is 86.5 Å². The van der Waals surface area contributed by atoms with E-state index in [9.17, 15) is 6.48 Å². The van der Waals surface area contributed by atoms with Gasteiger partial charge in [0, 0.05) is 52.4 Å². The molecule has 4 nitrogen and oxygen atoms in total. The number of hydrogen-bond donors (Lipinski definition) is 1. The zero-order valence-corrected chi connectivity index (χ0v) is 34.8. The summed E-state index contributed by atoms with van der Waals surface area (Å²) >= 11 is 0. The molecule has 0 aliphatic heterocycles. The number of hydrogen-bond acceptors (Lipinski definition) is 3. The molecular weight excluding hydrogens is 890 g/mol. The predicted molar refractivity (Wildman–Crippen MR) is 238 cm³/mol. The first-order valence-corrected chi connectivity index (χ1v) is 18.5. The van der Waals surface area contributed by atoms with Crippen LogP contribution in [-0.2, 0) is 31.9 Å². The summed E-state index contributed by atoms with van der Waals surface area (Å²) in [4.78, 5) is 9.72. The molecule has 58 heavy (non-hydrogen) atoms. The molecule has 0 atom stereocenters. The van der Waals surface area contributed by atoms with E-state index in [4.69, 9.17) is 25.5 Å². The van der Waals surface area contributed by atoms with Crippen LogP contribution in [0.3, 0.4) is 0 Å². The van der Waals surface area contributed by atoms with E-state index in [2.05, 4.69) is 11.1 Å². The monoisotopic (exact) mass is 955 g/mol. The van der Waals surface area contributed by atoms with Crippen molar-refractivity contribution in [3.05, 3.63) is 168 Å². The molecule has 6 aromatic carbocycles. The average Bonchev–Trinajstić information content (AvgIpc) is 3.69. The first kappa shape index (κ1) is 25.0. The molecule has 0 bridgehead atoms. The van der Waals surface area contributed by atoms with Gasteiger partial charge in [0.2, 0.25) is 0 Å². The fourth-order valence-corrected chi connectivity index (χ4v) is 6.77. The zero-order valence-electron chi connectivity index (χ0n) is 48.5. The molecule has 1 N–H and O–H groups in total. The Labute approximate surface area is 380 Å². The molecule has 0 saturated carbocycles. The van der Waals surface area contributed by atoms with Crippen LogP contribution in [0, 0.1) is 6.07 Å². The normalized spacial score (nSPS) is 16.7. The summed E-state index contributed by atoms with van der Waals surface area (Å²) < 4.78 is 140. The molecule has 8 rings (SSSR count). The molecule has 2 heterocycles. The van der Waals surface area contributed by atoms with Crippen LogP contribution in [-0.4, -0.2) is 19.6 Å². The first-order valence-electron chi connectivity index (χ1n) is 26.5. The second kappa shape index (κ2) is 16.0. The summed E-state index contributed by atoms with van der Waals surface area (Å²) in [6.45, 7) is -2.13. The fourth-order valence-electron chi connectivity index (χ4n) is 6.77. The van der Waals surface area contributed by atoms with Crippen LogP contribution in [0.4, 0.5) is 0 Å². The van der Waals surface area contributed by atoms with E-state index in [-0.39, 0.29) is 38.1 Å². The van der Waals surface area contributed by atoms with Gasteiger partial charge in [-0.25, -0.2) is 4.98 Å². The van der Waals surface area contributed by atoms with Crippen LogP contribution < -0.4 is 0 Å². The van der Waals surface area contributed by atoms with E-state index in [1.54, 1.807) is 30.3 Å². The van der Waals surface area contributed by atoms with E-state index in [1.807, 2.05) is 112 Å². The van der Waals surface area contributed by atoms with Gasteiger partial charge in [0.25, 0.3) is 0 Å². The van der Waals surface area contributed by atoms with Crippen molar-refractivity contribution in [2.75, 3.05) is 0 Å². The fraction of sp³-hybridized carbons (Fsp3) is 0.208. The van der Waals surface area contributed by atoms with Gasteiger partial charge in [0.1, 0.15) is 11.6 Å². The molecule has 294 valence electrons. The summed E-state index contributed by atoms with van der Waals surface area (Å²) in [5, 5.41) is 11.4. The number of aromatic nitrogens is 3. The predicted octanol–water partition coefficient (Wildman–Crippen LogP) is 14.0. The Kier molecular flexibility index (Phi) is 6.90. The molecule has 8 aromatic rings. The van der Waals surface area contributed by atoms with Crippen LogP contribution in [0.25, 0.3) is 72.7 Å². The minimum atomic E-state index is -3.89. The first-order chi connectivity index (χ1) is 33.8. The molecule has 0 unspecified atom stereocenters.